The van der Waals surface area contributed by atoms with Crippen LogP contribution >= 0.6 is 0 Å². The van der Waals surface area contributed by atoms with Gasteiger partial charge in [0.05, 0.1) is 0 Å². The van der Waals surface area contributed by atoms with E-state index in [-0.39, 0.29) is 24.0 Å². The first-order valence-electron chi connectivity index (χ1n) is 6.25. The molecule has 3 amide bonds. The Kier molecular flexibility index (Phi) is 3.17. The van der Waals surface area contributed by atoms with E-state index in [0.717, 1.165) is 12.8 Å². The van der Waals surface area contributed by atoms with Crippen molar-refractivity contribution in [1.82, 2.24) is 10.2 Å². The van der Waals surface area contributed by atoms with Crippen LogP contribution in [0.25, 0.3) is 0 Å². The van der Waals surface area contributed by atoms with Crippen molar-refractivity contribution in [3.8, 4) is 0 Å². The third-order valence-electron chi connectivity index (χ3n) is 3.64. The second kappa shape index (κ2) is 4.44. The molecule has 0 radical (unpaired) electrons. The highest BCUT2D eigenvalue weighted by molar-refractivity contribution is 6.04. The lowest BCUT2D eigenvalue weighted by atomic mass is 9.84. The highest BCUT2D eigenvalue weighted by atomic mass is 16.2. The number of hydrogen-bond acceptors (Lipinski definition) is 2. The molecule has 0 bridgehead atoms. The molecule has 0 aromatic carbocycles. The topological polar surface area (TPSA) is 49.4 Å². The Balaban J connectivity index is 2.07. The average molecular weight is 224 g/mol. The molecule has 1 saturated heterocycles. The second-order valence-electron chi connectivity index (χ2n) is 5.13. The molecule has 2 aliphatic rings. The number of rotatable bonds is 2. The number of imide groups is 1. The Morgan fingerprint density at radius 1 is 1.19 bits per heavy atom. The van der Waals surface area contributed by atoms with E-state index in [1.807, 2.05) is 13.8 Å². The normalized spacial score (nSPS) is 27.7. The highest BCUT2D eigenvalue weighted by Gasteiger charge is 2.43. The van der Waals surface area contributed by atoms with Gasteiger partial charge in [-0.1, -0.05) is 19.3 Å². The van der Waals surface area contributed by atoms with Crippen molar-refractivity contribution in [1.29, 1.82) is 0 Å². The van der Waals surface area contributed by atoms with Crippen molar-refractivity contribution in [2.24, 2.45) is 5.92 Å². The van der Waals surface area contributed by atoms with Crippen LogP contribution in [0.1, 0.15) is 46.0 Å². The SMILES string of the molecule is CC(C)N1C(=O)NC(C2CCCCC2)C1=O. The zero-order chi connectivity index (χ0) is 11.7. The van der Waals surface area contributed by atoms with Crippen LogP contribution in [0.5, 0.6) is 0 Å². The minimum atomic E-state index is -0.254. The van der Waals surface area contributed by atoms with Crippen LogP contribution in [-0.2, 0) is 4.79 Å². The first-order valence-corrected chi connectivity index (χ1v) is 6.25. The summed E-state index contributed by atoms with van der Waals surface area (Å²) in [4.78, 5) is 25.1. The van der Waals surface area contributed by atoms with Crippen LogP contribution < -0.4 is 5.32 Å². The van der Waals surface area contributed by atoms with E-state index in [4.69, 9.17) is 0 Å². The summed E-state index contributed by atoms with van der Waals surface area (Å²) in [6, 6.07) is -0.508. The first kappa shape index (κ1) is 11.4. The van der Waals surface area contributed by atoms with E-state index in [0.29, 0.717) is 5.92 Å². The molecule has 1 unspecified atom stereocenters. The van der Waals surface area contributed by atoms with Gasteiger partial charge in [-0.3, -0.25) is 9.69 Å². The van der Waals surface area contributed by atoms with Crippen molar-refractivity contribution >= 4 is 11.9 Å². The molecule has 1 aliphatic carbocycles. The molecule has 1 aliphatic heterocycles. The summed E-state index contributed by atoms with van der Waals surface area (Å²) in [5, 5.41) is 2.84. The summed E-state index contributed by atoms with van der Waals surface area (Å²) in [5.74, 6) is 0.334. The summed E-state index contributed by atoms with van der Waals surface area (Å²) in [6.45, 7) is 3.75. The van der Waals surface area contributed by atoms with Crippen LogP contribution in [0, 0.1) is 5.92 Å². The third kappa shape index (κ3) is 1.93. The van der Waals surface area contributed by atoms with Gasteiger partial charge < -0.3 is 5.32 Å². The molecule has 2 rings (SSSR count). The largest absolute Gasteiger partial charge is 0.326 e. The summed E-state index contributed by atoms with van der Waals surface area (Å²) in [5.41, 5.74) is 0. The summed E-state index contributed by atoms with van der Waals surface area (Å²) in [6.07, 6.45) is 5.78. The molecule has 0 spiro atoms. The smallest absolute Gasteiger partial charge is 0.325 e. The van der Waals surface area contributed by atoms with E-state index in [1.165, 1.54) is 24.2 Å². The summed E-state index contributed by atoms with van der Waals surface area (Å²) in [7, 11) is 0. The minimum Gasteiger partial charge on any atom is -0.326 e. The number of carbonyl (C=O) groups excluding carboxylic acids is 2. The van der Waals surface area contributed by atoms with Crippen molar-refractivity contribution in [2.75, 3.05) is 0 Å². The van der Waals surface area contributed by atoms with Crippen molar-refractivity contribution in [2.45, 2.75) is 58.0 Å². The van der Waals surface area contributed by atoms with Gasteiger partial charge in [-0.15, -0.1) is 0 Å². The van der Waals surface area contributed by atoms with Crippen LogP contribution in [0.4, 0.5) is 4.79 Å². The molecule has 1 heterocycles. The monoisotopic (exact) mass is 224 g/mol. The van der Waals surface area contributed by atoms with E-state index >= 15 is 0 Å². The lowest BCUT2D eigenvalue weighted by molar-refractivity contribution is -0.129. The number of hydrogen-bond donors (Lipinski definition) is 1. The fraction of sp³-hybridized carbons (Fsp3) is 0.833. The molecule has 16 heavy (non-hydrogen) atoms. The van der Waals surface area contributed by atoms with Crippen molar-refractivity contribution in [3.63, 3.8) is 0 Å². The number of carbonyl (C=O) groups is 2. The predicted octanol–water partition coefficient (Wildman–Crippen LogP) is 1.90. The first-order chi connectivity index (χ1) is 7.61. The molecule has 0 aromatic rings. The average Bonchev–Trinajstić information content (AvgIpc) is 2.55. The number of nitrogens with one attached hydrogen (secondary N) is 1. The molecule has 0 aromatic heterocycles. The summed E-state index contributed by atoms with van der Waals surface area (Å²) < 4.78 is 0. The molecule has 2 fully saturated rings. The molecule has 1 N–H and O–H groups in total. The van der Waals surface area contributed by atoms with Gasteiger partial charge in [-0.25, -0.2) is 4.79 Å². The van der Waals surface area contributed by atoms with Gasteiger partial charge in [0.15, 0.2) is 0 Å². The van der Waals surface area contributed by atoms with Crippen LogP contribution in [0.15, 0.2) is 0 Å². The van der Waals surface area contributed by atoms with Crippen LogP contribution in [0.2, 0.25) is 0 Å². The van der Waals surface area contributed by atoms with Gasteiger partial charge in [-0.2, -0.15) is 0 Å². The minimum absolute atomic E-state index is 0.0214. The Bertz CT molecular complexity index is 295. The van der Waals surface area contributed by atoms with Gasteiger partial charge in [0.2, 0.25) is 0 Å². The molecular formula is C12H20N2O2. The Hall–Kier alpha value is -1.06. The lowest BCUT2D eigenvalue weighted by Gasteiger charge is -2.26. The van der Waals surface area contributed by atoms with Crippen molar-refractivity contribution < 1.29 is 9.59 Å². The lowest BCUT2D eigenvalue weighted by Crippen LogP contribution is -2.39. The van der Waals surface area contributed by atoms with Crippen LogP contribution in [-0.4, -0.2) is 28.9 Å². The number of urea groups is 1. The fourth-order valence-corrected chi connectivity index (χ4v) is 2.79. The van der Waals surface area contributed by atoms with Gasteiger partial charge in [-0.05, 0) is 32.6 Å². The van der Waals surface area contributed by atoms with Gasteiger partial charge in [0, 0.05) is 6.04 Å². The standard InChI is InChI=1S/C12H20N2O2/c1-8(2)14-11(15)10(13-12(14)16)9-6-4-3-5-7-9/h8-10H,3-7H2,1-2H3,(H,13,16). The quantitative estimate of drug-likeness (QED) is 0.728. The van der Waals surface area contributed by atoms with E-state index in [2.05, 4.69) is 5.32 Å². The third-order valence-corrected chi connectivity index (χ3v) is 3.64. The highest BCUT2D eigenvalue weighted by Crippen LogP contribution is 2.29. The molecule has 1 atom stereocenters. The second-order valence-corrected chi connectivity index (χ2v) is 5.13. The molecule has 4 heteroatoms. The Morgan fingerprint density at radius 3 is 2.31 bits per heavy atom. The zero-order valence-electron chi connectivity index (χ0n) is 10.0. The maximum atomic E-state index is 12.1. The molecular weight excluding hydrogens is 204 g/mol. The van der Waals surface area contributed by atoms with Gasteiger partial charge in [0.1, 0.15) is 6.04 Å². The fourth-order valence-electron chi connectivity index (χ4n) is 2.79. The predicted molar refractivity (Wildman–Crippen MR) is 60.9 cm³/mol. The van der Waals surface area contributed by atoms with E-state index in [1.54, 1.807) is 0 Å². The van der Waals surface area contributed by atoms with Gasteiger partial charge in [0.25, 0.3) is 5.91 Å². The Morgan fingerprint density at radius 2 is 1.81 bits per heavy atom. The maximum absolute atomic E-state index is 12.1. The molecule has 90 valence electrons. The van der Waals surface area contributed by atoms with Crippen molar-refractivity contribution in [3.05, 3.63) is 0 Å². The van der Waals surface area contributed by atoms with E-state index < -0.39 is 0 Å². The zero-order valence-corrected chi connectivity index (χ0v) is 10.0. The molecule has 1 saturated carbocycles. The Labute approximate surface area is 96.4 Å². The number of amides is 3. The summed E-state index contributed by atoms with van der Waals surface area (Å²) >= 11 is 0. The van der Waals surface area contributed by atoms with Gasteiger partial charge >= 0.3 is 6.03 Å². The maximum Gasteiger partial charge on any atom is 0.325 e. The molecule has 4 nitrogen and oxygen atoms in total. The number of nitrogens with zero attached hydrogens (tertiary/aromatic N) is 1. The van der Waals surface area contributed by atoms with Crippen LogP contribution in [0.3, 0.4) is 0 Å². The van der Waals surface area contributed by atoms with E-state index in [9.17, 15) is 9.59 Å².